The molecule has 1 aromatic rings. The summed E-state index contributed by atoms with van der Waals surface area (Å²) in [5.74, 6) is 5.10. The zero-order valence-corrected chi connectivity index (χ0v) is 11.7. The Kier molecular flexibility index (Phi) is 5.54. The molecule has 20 heavy (non-hydrogen) atoms. The lowest BCUT2D eigenvalue weighted by Gasteiger charge is -2.32. The number of nitrogens with zero attached hydrogens (tertiary/aromatic N) is 1. The van der Waals surface area contributed by atoms with E-state index in [2.05, 4.69) is 16.7 Å². The predicted octanol–water partition coefficient (Wildman–Crippen LogP) is 1.78. The maximum atomic E-state index is 13.3. The number of piperidine rings is 1. The molecule has 3 nitrogen and oxygen atoms in total. The second-order valence-corrected chi connectivity index (χ2v) is 5.00. The van der Waals surface area contributed by atoms with Crippen molar-refractivity contribution < 1.29 is 14.2 Å². The molecule has 2 rings (SSSR count). The van der Waals surface area contributed by atoms with Crippen molar-refractivity contribution >= 4 is 0 Å². The summed E-state index contributed by atoms with van der Waals surface area (Å²) in [5.41, 5.74) is 1.64. The zero-order chi connectivity index (χ0) is 14.4. The van der Waals surface area contributed by atoms with Crippen LogP contribution in [0.25, 0.3) is 0 Å². The molecule has 0 amide bonds. The molecule has 1 fully saturated rings. The standard InChI is InChI=1S/C16H20FNO2/c1-20-16-5-2-8-18(12-16)11-14-6-7-15(17)10-13(14)4-3-9-19/h6-7,10,16,19H,2,5,8-9,11-12H2,1H3. The van der Waals surface area contributed by atoms with E-state index >= 15 is 0 Å². The maximum absolute atomic E-state index is 13.3. The number of likely N-dealkylation sites (tertiary alicyclic amines) is 1. The number of benzene rings is 1. The second-order valence-electron chi connectivity index (χ2n) is 5.00. The van der Waals surface area contributed by atoms with Crippen LogP contribution in [-0.2, 0) is 11.3 Å². The largest absolute Gasteiger partial charge is 0.384 e. The Bertz CT molecular complexity index is 507. The number of ether oxygens (including phenoxy) is 1. The summed E-state index contributed by atoms with van der Waals surface area (Å²) in [4.78, 5) is 2.30. The Hall–Kier alpha value is -1.41. The highest BCUT2D eigenvalue weighted by atomic mass is 19.1. The van der Waals surface area contributed by atoms with Crippen LogP contribution >= 0.6 is 0 Å². The summed E-state index contributed by atoms with van der Waals surface area (Å²) >= 11 is 0. The maximum Gasteiger partial charge on any atom is 0.124 e. The predicted molar refractivity (Wildman–Crippen MR) is 75.7 cm³/mol. The first-order valence-corrected chi connectivity index (χ1v) is 6.86. The molecule has 0 saturated carbocycles. The smallest absolute Gasteiger partial charge is 0.124 e. The highest BCUT2D eigenvalue weighted by Crippen LogP contribution is 2.18. The van der Waals surface area contributed by atoms with Gasteiger partial charge in [0.1, 0.15) is 12.4 Å². The minimum Gasteiger partial charge on any atom is -0.384 e. The lowest BCUT2D eigenvalue weighted by atomic mass is 10.0. The summed E-state index contributed by atoms with van der Waals surface area (Å²) < 4.78 is 18.7. The fourth-order valence-electron chi connectivity index (χ4n) is 2.53. The van der Waals surface area contributed by atoms with Crippen LogP contribution in [0.4, 0.5) is 4.39 Å². The molecule has 1 aliphatic rings. The van der Waals surface area contributed by atoms with Crippen molar-refractivity contribution in [1.29, 1.82) is 0 Å². The van der Waals surface area contributed by atoms with Crippen molar-refractivity contribution in [3.63, 3.8) is 0 Å². The monoisotopic (exact) mass is 277 g/mol. The number of hydrogen-bond donors (Lipinski definition) is 1. The highest BCUT2D eigenvalue weighted by molar-refractivity contribution is 5.41. The van der Waals surface area contributed by atoms with E-state index in [1.54, 1.807) is 13.2 Å². The molecule has 108 valence electrons. The highest BCUT2D eigenvalue weighted by Gasteiger charge is 2.20. The third-order valence-corrected chi connectivity index (χ3v) is 3.56. The molecular formula is C16H20FNO2. The lowest BCUT2D eigenvalue weighted by Crippen LogP contribution is -2.38. The van der Waals surface area contributed by atoms with Gasteiger partial charge >= 0.3 is 0 Å². The molecular weight excluding hydrogens is 257 g/mol. The van der Waals surface area contributed by atoms with Gasteiger partial charge in [-0.2, -0.15) is 0 Å². The van der Waals surface area contributed by atoms with Gasteiger partial charge in [-0.05, 0) is 37.1 Å². The molecule has 0 aliphatic carbocycles. The number of rotatable bonds is 3. The van der Waals surface area contributed by atoms with Crippen molar-refractivity contribution in [2.45, 2.75) is 25.5 Å². The molecule has 1 saturated heterocycles. The van der Waals surface area contributed by atoms with Gasteiger partial charge < -0.3 is 9.84 Å². The van der Waals surface area contributed by atoms with Gasteiger partial charge in [-0.1, -0.05) is 17.9 Å². The first-order chi connectivity index (χ1) is 9.72. The molecule has 0 aromatic heterocycles. The normalized spacial score (nSPS) is 19.4. The molecule has 0 bridgehead atoms. The summed E-state index contributed by atoms with van der Waals surface area (Å²) in [7, 11) is 1.74. The molecule has 0 radical (unpaired) electrons. The molecule has 1 aliphatic heterocycles. The number of hydrogen-bond acceptors (Lipinski definition) is 3. The molecule has 1 aromatic carbocycles. The summed E-state index contributed by atoms with van der Waals surface area (Å²) in [6, 6.07) is 4.65. The topological polar surface area (TPSA) is 32.7 Å². The first-order valence-electron chi connectivity index (χ1n) is 6.86. The van der Waals surface area contributed by atoms with Gasteiger partial charge in [-0.15, -0.1) is 0 Å². The van der Waals surface area contributed by atoms with Crippen LogP contribution < -0.4 is 0 Å². The van der Waals surface area contributed by atoms with E-state index in [0.717, 1.165) is 38.0 Å². The SMILES string of the molecule is COC1CCCN(Cc2ccc(F)cc2C#CCO)C1. The molecule has 1 unspecified atom stereocenters. The number of halogens is 1. The van der Waals surface area contributed by atoms with Gasteiger partial charge in [0.05, 0.1) is 6.10 Å². The van der Waals surface area contributed by atoms with E-state index in [4.69, 9.17) is 9.84 Å². The number of aliphatic hydroxyl groups excluding tert-OH is 1. The minimum atomic E-state index is -0.301. The number of aliphatic hydroxyl groups is 1. The van der Waals surface area contributed by atoms with Gasteiger partial charge in [-0.25, -0.2) is 4.39 Å². The van der Waals surface area contributed by atoms with Crippen LogP contribution in [-0.4, -0.2) is 42.9 Å². The third kappa shape index (κ3) is 4.04. The van der Waals surface area contributed by atoms with Crippen molar-refractivity contribution in [1.82, 2.24) is 4.90 Å². The second kappa shape index (κ2) is 7.39. The zero-order valence-electron chi connectivity index (χ0n) is 11.7. The fraction of sp³-hybridized carbons (Fsp3) is 0.500. The van der Waals surface area contributed by atoms with Gasteiger partial charge in [0.15, 0.2) is 0 Å². The Morgan fingerprint density at radius 2 is 2.35 bits per heavy atom. The van der Waals surface area contributed by atoms with Crippen LogP contribution in [0.1, 0.15) is 24.0 Å². The average Bonchev–Trinajstić information content (AvgIpc) is 2.47. The Morgan fingerprint density at radius 1 is 1.50 bits per heavy atom. The van der Waals surface area contributed by atoms with Crippen molar-refractivity contribution in [3.8, 4) is 11.8 Å². The van der Waals surface area contributed by atoms with Gasteiger partial charge in [-0.3, -0.25) is 4.90 Å². The van der Waals surface area contributed by atoms with E-state index in [-0.39, 0.29) is 18.5 Å². The van der Waals surface area contributed by atoms with Crippen molar-refractivity contribution in [2.24, 2.45) is 0 Å². The Labute approximate surface area is 119 Å². The fourth-order valence-corrected chi connectivity index (χ4v) is 2.53. The number of methoxy groups -OCH3 is 1. The van der Waals surface area contributed by atoms with Gasteiger partial charge in [0, 0.05) is 25.8 Å². The Balaban J connectivity index is 2.12. The lowest BCUT2D eigenvalue weighted by molar-refractivity contribution is 0.0285. The van der Waals surface area contributed by atoms with Crippen LogP contribution in [0.2, 0.25) is 0 Å². The average molecular weight is 277 g/mol. The van der Waals surface area contributed by atoms with E-state index in [9.17, 15) is 4.39 Å². The van der Waals surface area contributed by atoms with Crippen LogP contribution in [0.5, 0.6) is 0 Å². The van der Waals surface area contributed by atoms with Crippen molar-refractivity contribution in [3.05, 3.63) is 35.1 Å². The van der Waals surface area contributed by atoms with Crippen LogP contribution in [0, 0.1) is 17.7 Å². The molecule has 1 heterocycles. The third-order valence-electron chi connectivity index (χ3n) is 3.56. The Morgan fingerprint density at radius 3 is 3.10 bits per heavy atom. The summed E-state index contributed by atoms with van der Waals surface area (Å²) in [6.07, 6.45) is 2.47. The molecule has 1 atom stereocenters. The summed E-state index contributed by atoms with van der Waals surface area (Å²) in [5, 5.41) is 8.78. The minimum absolute atomic E-state index is 0.217. The van der Waals surface area contributed by atoms with E-state index in [1.807, 2.05) is 0 Å². The molecule has 0 spiro atoms. The van der Waals surface area contributed by atoms with E-state index in [0.29, 0.717) is 5.56 Å². The van der Waals surface area contributed by atoms with Gasteiger partial charge in [0.25, 0.3) is 0 Å². The van der Waals surface area contributed by atoms with Crippen LogP contribution in [0.15, 0.2) is 18.2 Å². The van der Waals surface area contributed by atoms with E-state index in [1.165, 1.54) is 12.1 Å². The van der Waals surface area contributed by atoms with E-state index < -0.39 is 0 Å². The molecule has 1 N–H and O–H groups in total. The quantitative estimate of drug-likeness (QED) is 0.855. The van der Waals surface area contributed by atoms with Gasteiger partial charge in [0.2, 0.25) is 0 Å². The van der Waals surface area contributed by atoms with Crippen molar-refractivity contribution in [2.75, 3.05) is 26.8 Å². The molecule has 4 heteroatoms. The van der Waals surface area contributed by atoms with Crippen LogP contribution in [0.3, 0.4) is 0 Å². The first kappa shape index (κ1) is 15.0. The summed E-state index contributed by atoms with van der Waals surface area (Å²) in [6.45, 7) is 2.42.